The second-order valence-corrected chi connectivity index (χ2v) is 4.14. The van der Waals surface area contributed by atoms with Crippen molar-refractivity contribution >= 4 is 10.8 Å². The van der Waals surface area contributed by atoms with Gasteiger partial charge in [-0.1, -0.05) is 12.1 Å². The van der Waals surface area contributed by atoms with Gasteiger partial charge < -0.3 is 14.2 Å². The van der Waals surface area contributed by atoms with E-state index in [9.17, 15) is 0 Å². The van der Waals surface area contributed by atoms with Gasteiger partial charge in [0, 0.05) is 0 Å². The molecule has 2 aromatic rings. The van der Waals surface area contributed by atoms with Crippen LogP contribution in [0.25, 0.3) is 10.8 Å². The summed E-state index contributed by atoms with van der Waals surface area (Å²) in [6.45, 7) is 1.46. The lowest BCUT2D eigenvalue weighted by Crippen LogP contribution is -2.03. The number of rotatable bonds is 4. The standard InChI is InChI=1S/C14H14O3/c1-15-12-4-2-11-7-13(5-3-10(11)6-12)16-8-14-9-17-14/h2-7,14H,8-9H2,1H3/t14-/m1/s1. The van der Waals surface area contributed by atoms with E-state index in [4.69, 9.17) is 14.2 Å². The Balaban J connectivity index is 1.84. The predicted molar refractivity (Wildman–Crippen MR) is 65.7 cm³/mol. The van der Waals surface area contributed by atoms with Gasteiger partial charge in [0.05, 0.1) is 13.7 Å². The summed E-state index contributed by atoms with van der Waals surface area (Å²) in [6.07, 6.45) is 0.293. The SMILES string of the molecule is COc1ccc2cc(OC[C@@H]3CO3)ccc2c1. The van der Waals surface area contributed by atoms with Gasteiger partial charge in [-0.15, -0.1) is 0 Å². The van der Waals surface area contributed by atoms with Gasteiger partial charge in [-0.05, 0) is 35.0 Å². The Bertz CT molecular complexity index is 532. The van der Waals surface area contributed by atoms with Gasteiger partial charge in [-0.2, -0.15) is 0 Å². The van der Waals surface area contributed by atoms with Crippen LogP contribution in [0, 0.1) is 0 Å². The molecule has 0 saturated carbocycles. The van der Waals surface area contributed by atoms with Crippen LogP contribution in [0.3, 0.4) is 0 Å². The molecule has 0 unspecified atom stereocenters. The maximum Gasteiger partial charge on any atom is 0.120 e. The van der Waals surface area contributed by atoms with E-state index >= 15 is 0 Å². The van der Waals surface area contributed by atoms with E-state index in [1.54, 1.807) is 7.11 Å². The average Bonchev–Trinajstić information content (AvgIpc) is 3.19. The Kier molecular flexibility index (Phi) is 2.61. The molecule has 2 aromatic carbocycles. The topological polar surface area (TPSA) is 31.0 Å². The fourth-order valence-corrected chi connectivity index (χ4v) is 1.77. The van der Waals surface area contributed by atoms with Crippen LogP contribution >= 0.6 is 0 Å². The molecular formula is C14H14O3. The molecule has 0 N–H and O–H groups in total. The summed E-state index contributed by atoms with van der Waals surface area (Å²) in [4.78, 5) is 0. The van der Waals surface area contributed by atoms with Crippen LogP contribution in [-0.2, 0) is 4.74 Å². The zero-order chi connectivity index (χ0) is 11.7. The molecule has 0 bridgehead atoms. The van der Waals surface area contributed by atoms with Crippen LogP contribution in [-0.4, -0.2) is 26.4 Å². The fourth-order valence-electron chi connectivity index (χ4n) is 1.77. The molecule has 1 aliphatic rings. The Morgan fingerprint density at radius 3 is 2.41 bits per heavy atom. The maximum atomic E-state index is 5.64. The molecule has 0 spiro atoms. The van der Waals surface area contributed by atoms with Crippen LogP contribution in [0.4, 0.5) is 0 Å². The number of hydrogen-bond acceptors (Lipinski definition) is 3. The first-order valence-electron chi connectivity index (χ1n) is 5.67. The zero-order valence-corrected chi connectivity index (χ0v) is 9.68. The van der Waals surface area contributed by atoms with Gasteiger partial charge in [0.1, 0.15) is 24.2 Å². The van der Waals surface area contributed by atoms with Gasteiger partial charge in [0.2, 0.25) is 0 Å². The van der Waals surface area contributed by atoms with E-state index < -0.39 is 0 Å². The van der Waals surface area contributed by atoms with Crippen LogP contribution in [0.2, 0.25) is 0 Å². The minimum atomic E-state index is 0.293. The first-order valence-corrected chi connectivity index (χ1v) is 5.67. The van der Waals surface area contributed by atoms with E-state index in [0.717, 1.165) is 28.9 Å². The Hall–Kier alpha value is -1.74. The van der Waals surface area contributed by atoms with Crippen molar-refractivity contribution in [1.82, 2.24) is 0 Å². The third-order valence-electron chi connectivity index (χ3n) is 2.86. The van der Waals surface area contributed by atoms with Gasteiger partial charge in [-0.25, -0.2) is 0 Å². The molecule has 1 atom stereocenters. The zero-order valence-electron chi connectivity index (χ0n) is 9.68. The molecule has 3 rings (SSSR count). The molecule has 1 fully saturated rings. The average molecular weight is 230 g/mol. The molecule has 88 valence electrons. The van der Waals surface area contributed by atoms with Crippen LogP contribution in [0.5, 0.6) is 11.5 Å². The normalized spacial score (nSPS) is 18.1. The molecule has 1 heterocycles. The van der Waals surface area contributed by atoms with E-state index in [1.807, 2.05) is 36.4 Å². The molecule has 0 radical (unpaired) electrons. The number of hydrogen-bond donors (Lipinski definition) is 0. The number of epoxide rings is 1. The molecule has 3 nitrogen and oxygen atoms in total. The second-order valence-electron chi connectivity index (χ2n) is 4.14. The van der Waals surface area contributed by atoms with E-state index in [0.29, 0.717) is 12.7 Å². The highest BCUT2D eigenvalue weighted by molar-refractivity contribution is 5.85. The highest BCUT2D eigenvalue weighted by Gasteiger charge is 2.22. The van der Waals surface area contributed by atoms with Crippen molar-refractivity contribution in [2.24, 2.45) is 0 Å². The molecule has 0 amide bonds. The Morgan fingerprint density at radius 1 is 1.12 bits per heavy atom. The van der Waals surface area contributed by atoms with Crippen molar-refractivity contribution in [1.29, 1.82) is 0 Å². The number of methoxy groups -OCH3 is 1. The smallest absolute Gasteiger partial charge is 0.120 e. The second kappa shape index (κ2) is 4.26. The highest BCUT2D eigenvalue weighted by Crippen LogP contribution is 2.25. The molecule has 0 aromatic heterocycles. The molecule has 1 aliphatic heterocycles. The van der Waals surface area contributed by atoms with E-state index in [1.165, 1.54) is 0 Å². The molecule has 3 heteroatoms. The largest absolute Gasteiger partial charge is 0.497 e. The van der Waals surface area contributed by atoms with Crippen molar-refractivity contribution < 1.29 is 14.2 Å². The van der Waals surface area contributed by atoms with Gasteiger partial charge in [0.15, 0.2) is 0 Å². The lowest BCUT2D eigenvalue weighted by molar-refractivity contribution is 0.263. The lowest BCUT2D eigenvalue weighted by atomic mass is 10.1. The quantitative estimate of drug-likeness (QED) is 0.756. The minimum absolute atomic E-state index is 0.293. The van der Waals surface area contributed by atoms with Gasteiger partial charge >= 0.3 is 0 Å². The van der Waals surface area contributed by atoms with Crippen LogP contribution < -0.4 is 9.47 Å². The van der Waals surface area contributed by atoms with E-state index in [2.05, 4.69) is 0 Å². The lowest BCUT2D eigenvalue weighted by Gasteiger charge is -2.06. The summed E-state index contributed by atoms with van der Waals surface area (Å²) in [5, 5.41) is 2.30. The summed E-state index contributed by atoms with van der Waals surface area (Å²) in [7, 11) is 1.67. The van der Waals surface area contributed by atoms with Gasteiger partial charge in [0.25, 0.3) is 0 Å². The Morgan fingerprint density at radius 2 is 1.76 bits per heavy atom. The van der Waals surface area contributed by atoms with Crippen LogP contribution in [0.15, 0.2) is 36.4 Å². The Labute approximate surface area is 99.9 Å². The van der Waals surface area contributed by atoms with Crippen molar-refractivity contribution in [2.45, 2.75) is 6.10 Å². The van der Waals surface area contributed by atoms with Crippen molar-refractivity contribution in [3.05, 3.63) is 36.4 Å². The number of ether oxygens (including phenoxy) is 3. The van der Waals surface area contributed by atoms with E-state index in [-0.39, 0.29) is 0 Å². The first kappa shape index (κ1) is 10.4. The van der Waals surface area contributed by atoms with Gasteiger partial charge in [-0.3, -0.25) is 0 Å². The first-order chi connectivity index (χ1) is 8.35. The molecular weight excluding hydrogens is 216 g/mol. The highest BCUT2D eigenvalue weighted by atomic mass is 16.6. The summed E-state index contributed by atoms with van der Waals surface area (Å²) in [5.41, 5.74) is 0. The molecule has 0 aliphatic carbocycles. The van der Waals surface area contributed by atoms with Crippen molar-refractivity contribution in [2.75, 3.05) is 20.3 Å². The predicted octanol–water partition coefficient (Wildman–Crippen LogP) is 2.63. The minimum Gasteiger partial charge on any atom is -0.497 e. The molecule has 1 saturated heterocycles. The van der Waals surface area contributed by atoms with Crippen LogP contribution in [0.1, 0.15) is 0 Å². The summed E-state index contributed by atoms with van der Waals surface area (Å²) in [6, 6.07) is 12.1. The van der Waals surface area contributed by atoms with Crippen molar-refractivity contribution in [3.63, 3.8) is 0 Å². The number of fused-ring (bicyclic) bond motifs is 1. The molecule has 17 heavy (non-hydrogen) atoms. The maximum absolute atomic E-state index is 5.64. The summed E-state index contributed by atoms with van der Waals surface area (Å²) < 4.78 is 15.9. The summed E-state index contributed by atoms with van der Waals surface area (Å²) in [5.74, 6) is 1.76. The number of benzene rings is 2. The fraction of sp³-hybridized carbons (Fsp3) is 0.286. The third-order valence-corrected chi connectivity index (χ3v) is 2.86. The third kappa shape index (κ3) is 2.34. The summed E-state index contributed by atoms with van der Waals surface area (Å²) >= 11 is 0. The van der Waals surface area contributed by atoms with Crippen molar-refractivity contribution in [3.8, 4) is 11.5 Å². The monoisotopic (exact) mass is 230 g/mol.